The smallest absolute Gasteiger partial charge is 0.0813 e. The lowest BCUT2D eigenvalue weighted by atomic mass is 10.2. The monoisotopic (exact) mass is 281 g/mol. The second kappa shape index (κ2) is 6.84. The maximum atomic E-state index is 5.99. The SMILES string of the molecule is c1csc(CCOCC2CCC(CNC3CC3)O2)c1. The molecule has 1 aromatic rings. The molecule has 2 aliphatic rings. The number of ether oxygens (including phenoxy) is 2. The number of thiophene rings is 1. The highest BCUT2D eigenvalue weighted by Gasteiger charge is 2.27. The average Bonchev–Trinajstić information content (AvgIpc) is 2.91. The van der Waals surface area contributed by atoms with Crippen LogP contribution in [-0.4, -0.2) is 38.0 Å². The first kappa shape index (κ1) is 13.6. The molecule has 1 aliphatic heterocycles. The quantitative estimate of drug-likeness (QED) is 0.743. The third-order valence-corrected chi connectivity index (χ3v) is 4.72. The van der Waals surface area contributed by atoms with E-state index in [1.807, 2.05) is 0 Å². The number of nitrogens with one attached hydrogen (secondary N) is 1. The fraction of sp³-hybridized carbons (Fsp3) is 0.733. The molecule has 0 bridgehead atoms. The van der Waals surface area contributed by atoms with Gasteiger partial charge in [-0.1, -0.05) is 6.07 Å². The molecule has 4 heteroatoms. The van der Waals surface area contributed by atoms with Gasteiger partial charge in [0.25, 0.3) is 0 Å². The summed E-state index contributed by atoms with van der Waals surface area (Å²) < 4.78 is 11.7. The maximum absolute atomic E-state index is 5.99. The van der Waals surface area contributed by atoms with Crippen LogP contribution in [0.4, 0.5) is 0 Å². The van der Waals surface area contributed by atoms with Gasteiger partial charge in [-0.05, 0) is 37.1 Å². The minimum Gasteiger partial charge on any atom is -0.378 e. The van der Waals surface area contributed by atoms with Crippen LogP contribution in [0, 0.1) is 0 Å². The Kier molecular flexibility index (Phi) is 4.88. The zero-order valence-corrected chi connectivity index (χ0v) is 12.2. The molecule has 2 heterocycles. The van der Waals surface area contributed by atoms with Gasteiger partial charge in [0.2, 0.25) is 0 Å². The molecule has 1 aromatic heterocycles. The highest BCUT2D eigenvalue weighted by Crippen LogP contribution is 2.22. The Labute approximate surface area is 119 Å². The zero-order chi connectivity index (χ0) is 12.9. The fourth-order valence-corrected chi connectivity index (χ4v) is 3.17. The summed E-state index contributed by atoms with van der Waals surface area (Å²) in [5.74, 6) is 0. The molecule has 2 fully saturated rings. The van der Waals surface area contributed by atoms with E-state index in [0.29, 0.717) is 12.2 Å². The van der Waals surface area contributed by atoms with Crippen molar-refractivity contribution in [3.05, 3.63) is 22.4 Å². The van der Waals surface area contributed by atoms with Gasteiger partial charge >= 0.3 is 0 Å². The minimum atomic E-state index is 0.314. The highest BCUT2D eigenvalue weighted by atomic mass is 32.1. The summed E-state index contributed by atoms with van der Waals surface area (Å²) in [6.45, 7) is 2.59. The molecule has 3 rings (SSSR count). The molecule has 0 spiro atoms. The molecule has 0 aromatic carbocycles. The molecule has 0 radical (unpaired) electrons. The molecule has 106 valence electrons. The summed E-state index contributed by atoms with van der Waals surface area (Å²) >= 11 is 1.80. The van der Waals surface area contributed by atoms with Gasteiger partial charge < -0.3 is 14.8 Å². The van der Waals surface area contributed by atoms with Gasteiger partial charge in [0.15, 0.2) is 0 Å². The van der Waals surface area contributed by atoms with Gasteiger partial charge in [-0.2, -0.15) is 0 Å². The van der Waals surface area contributed by atoms with Crippen LogP contribution in [0.25, 0.3) is 0 Å². The first-order valence-electron chi connectivity index (χ1n) is 7.39. The molecular weight excluding hydrogens is 258 g/mol. The van der Waals surface area contributed by atoms with Crippen molar-refractivity contribution in [2.24, 2.45) is 0 Å². The molecule has 1 aliphatic carbocycles. The van der Waals surface area contributed by atoms with Crippen molar-refractivity contribution in [2.45, 2.75) is 50.4 Å². The van der Waals surface area contributed by atoms with Crippen LogP contribution in [0.1, 0.15) is 30.6 Å². The predicted octanol–water partition coefficient (Wildman–Crippen LogP) is 2.61. The molecule has 1 saturated heterocycles. The molecular formula is C15H23NO2S. The lowest BCUT2D eigenvalue weighted by Crippen LogP contribution is -2.29. The van der Waals surface area contributed by atoms with E-state index in [1.165, 1.54) is 24.1 Å². The Morgan fingerprint density at radius 2 is 2.16 bits per heavy atom. The Morgan fingerprint density at radius 3 is 2.95 bits per heavy atom. The van der Waals surface area contributed by atoms with Crippen molar-refractivity contribution in [3.63, 3.8) is 0 Å². The second-order valence-corrected chi connectivity index (χ2v) is 6.58. The third-order valence-electron chi connectivity index (χ3n) is 3.78. The highest BCUT2D eigenvalue weighted by molar-refractivity contribution is 7.09. The predicted molar refractivity (Wildman–Crippen MR) is 77.8 cm³/mol. The van der Waals surface area contributed by atoms with Crippen molar-refractivity contribution < 1.29 is 9.47 Å². The summed E-state index contributed by atoms with van der Waals surface area (Å²) in [6.07, 6.45) is 6.77. The van der Waals surface area contributed by atoms with E-state index in [1.54, 1.807) is 11.3 Å². The maximum Gasteiger partial charge on any atom is 0.0813 e. The second-order valence-electron chi connectivity index (χ2n) is 5.54. The van der Waals surface area contributed by atoms with Crippen LogP contribution in [0.5, 0.6) is 0 Å². The Balaban J connectivity index is 1.24. The van der Waals surface area contributed by atoms with E-state index < -0.39 is 0 Å². The Morgan fingerprint density at radius 1 is 1.26 bits per heavy atom. The van der Waals surface area contributed by atoms with Gasteiger partial charge in [0.05, 0.1) is 25.4 Å². The molecule has 1 saturated carbocycles. The van der Waals surface area contributed by atoms with E-state index in [0.717, 1.165) is 38.6 Å². The van der Waals surface area contributed by atoms with Crippen LogP contribution in [0.2, 0.25) is 0 Å². The van der Waals surface area contributed by atoms with Crippen molar-refractivity contribution in [1.82, 2.24) is 5.32 Å². The first-order valence-corrected chi connectivity index (χ1v) is 8.27. The van der Waals surface area contributed by atoms with Crippen molar-refractivity contribution >= 4 is 11.3 Å². The number of hydrogen-bond acceptors (Lipinski definition) is 4. The van der Waals surface area contributed by atoms with Crippen LogP contribution >= 0.6 is 11.3 Å². The Bertz CT molecular complexity index is 364. The van der Waals surface area contributed by atoms with Crippen molar-refractivity contribution in [3.8, 4) is 0 Å². The van der Waals surface area contributed by atoms with Gasteiger partial charge in [-0.3, -0.25) is 0 Å². The standard InChI is InChI=1S/C15H23NO2S/c1-2-15(19-9-1)7-8-17-11-14-6-5-13(18-14)10-16-12-3-4-12/h1-2,9,12-14,16H,3-8,10-11H2. The van der Waals surface area contributed by atoms with E-state index in [9.17, 15) is 0 Å². The van der Waals surface area contributed by atoms with Gasteiger partial charge in [-0.25, -0.2) is 0 Å². The van der Waals surface area contributed by atoms with Crippen LogP contribution in [-0.2, 0) is 15.9 Å². The lowest BCUT2D eigenvalue weighted by molar-refractivity contribution is -0.0136. The zero-order valence-electron chi connectivity index (χ0n) is 11.3. The topological polar surface area (TPSA) is 30.5 Å². The molecule has 2 unspecified atom stereocenters. The van der Waals surface area contributed by atoms with E-state index in [-0.39, 0.29) is 0 Å². The van der Waals surface area contributed by atoms with Crippen LogP contribution in [0.3, 0.4) is 0 Å². The lowest BCUT2D eigenvalue weighted by Gasteiger charge is -2.14. The Hall–Kier alpha value is -0.420. The molecule has 19 heavy (non-hydrogen) atoms. The summed E-state index contributed by atoms with van der Waals surface area (Å²) in [5, 5.41) is 5.66. The molecule has 1 N–H and O–H groups in total. The third kappa shape index (κ3) is 4.56. The molecule has 3 nitrogen and oxygen atoms in total. The molecule has 2 atom stereocenters. The number of hydrogen-bond donors (Lipinski definition) is 1. The van der Waals surface area contributed by atoms with Gasteiger partial charge in [0.1, 0.15) is 0 Å². The largest absolute Gasteiger partial charge is 0.378 e. The minimum absolute atomic E-state index is 0.314. The van der Waals surface area contributed by atoms with Crippen molar-refractivity contribution in [2.75, 3.05) is 19.8 Å². The van der Waals surface area contributed by atoms with E-state index in [4.69, 9.17) is 9.47 Å². The van der Waals surface area contributed by atoms with Crippen molar-refractivity contribution in [1.29, 1.82) is 0 Å². The average molecular weight is 281 g/mol. The van der Waals surface area contributed by atoms with E-state index in [2.05, 4.69) is 22.8 Å². The molecule has 0 amide bonds. The summed E-state index contributed by atoms with van der Waals surface area (Å²) in [4.78, 5) is 1.40. The summed E-state index contributed by atoms with van der Waals surface area (Å²) in [7, 11) is 0. The summed E-state index contributed by atoms with van der Waals surface area (Å²) in [5.41, 5.74) is 0. The van der Waals surface area contributed by atoms with E-state index >= 15 is 0 Å². The van der Waals surface area contributed by atoms with Gasteiger partial charge in [0, 0.05) is 23.9 Å². The van der Waals surface area contributed by atoms with Gasteiger partial charge in [-0.15, -0.1) is 11.3 Å². The fourth-order valence-electron chi connectivity index (χ4n) is 2.48. The summed E-state index contributed by atoms with van der Waals surface area (Å²) in [6, 6.07) is 5.04. The normalized spacial score (nSPS) is 26.9. The van der Waals surface area contributed by atoms with Crippen LogP contribution in [0.15, 0.2) is 17.5 Å². The number of rotatable bonds is 8. The van der Waals surface area contributed by atoms with Crippen LogP contribution < -0.4 is 5.32 Å². The first-order chi connectivity index (χ1) is 9.40.